The second kappa shape index (κ2) is 9.03. The molecule has 0 unspecified atom stereocenters. The Labute approximate surface area is 174 Å². The van der Waals surface area contributed by atoms with Crippen LogP contribution in [-0.4, -0.2) is 41.6 Å². The smallest absolute Gasteiger partial charge is 0.406 e. The lowest BCUT2D eigenvalue weighted by Crippen LogP contribution is -2.32. The van der Waals surface area contributed by atoms with Gasteiger partial charge >= 0.3 is 6.36 Å². The monoisotopic (exact) mass is 435 g/mol. The molecule has 1 aromatic carbocycles. The maximum absolute atomic E-state index is 12.4. The summed E-state index contributed by atoms with van der Waals surface area (Å²) in [6.07, 6.45) is -1.46. The van der Waals surface area contributed by atoms with Crippen LogP contribution in [0.3, 0.4) is 0 Å². The van der Waals surface area contributed by atoms with Crippen molar-refractivity contribution < 1.29 is 27.5 Å². The van der Waals surface area contributed by atoms with Crippen molar-refractivity contribution in [3.63, 3.8) is 0 Å². The lowest BCUT2D eigenvalue weighted by Gasteiger charge is -2.09. The molecule has 12 heteroatoms. The zero-order chi connectivity index (χ0) is 21.7. The molecule has 2 amide bonds. The molecule has 2 aromatic heterocycles. The minimum absolute atomic E-state index is 0.248. The molecular weight excluding hydrogens is 420 g/mol. The Bertz CT molecular complexity index is 1050. The van der Waals surface area contributed by atoms with Crippen molar-refractivity contribution in [3.05, 3.63) is 53.7 Å². The zero-order valence-electron chi connectivity index (χ0n) is 15.6. The third-order valence-electron chi connectivity index (χ3n) is 3.80. The minimum atomic E-state index is -4.79. The Morgan fingerprint density at radius 3 is 2.80 bits per heavy atom. The molecule has 1 radical (unpaired) electrons. The van der Waals surface area contributed by atoms with Gasteiger partial charge in [-0.1, -0.05) is 19.0 Å². The maximum Gasteiger partial charge on any atom is 0.573 e. The van der Waals surface area contributed by atoms with Crippen LogP contribution in [0.25, 0.3) is 11.3 Å². The summed E-state index contributed by atoms with van der Waals surface area (Å²) in [5.74, 6) is -1.25. The highest BCUT2D eigenvalue weighted by molar-refractivity contribution is 7.14. The van der Waals surface area contributed by atoms with Gasteiger partial charge in [0, 0.05) is 17.1 Å². The topological polar surface area (TPSA) is 85.3 Å². The number of amides is 2. The van der Waals surface area contributed by atoms with Crippen molar-refractivity contribution in [1.82, 2.24) is 14.8 Å². The molecule has 0 aliphatic carbocycles. The Balaban J connectivity index is 1.57. The fraction of sp³-hybridized carbons (Fsp3) is 0.167. The summed E-state index contributed by atoms with van der Waals surface area (Å²) >= 11 is 1.10. The number of hydrogen-bond acceptors (Lipinski definition) is 5. The first kappa shape index (κ1) is 21.4. The van der Waals surface area contributed by atoms with Gasteiger partial charge in [-0.25, -0.2) is 4.98 Å². The second-order valence-corrected chi connectivity index (χ2v) is 6.81. The van der Waals surface area contributed by atoms with Crippen molar-refractivity contribution >= 4 is 35.7 Å². The van der Waals surface area contributed by atoms with E-state index in [-0.39, 0.29) is 17.4 Å². The van der Waals surface area contributed by atoms with Crippen molar-refractivity contribution in [1.29, 1.82) is 0 Å². The van der Waals surface area contributed by atoms with E-state index < -0.39 is 18.2 Å². The average Bonchev–Trinajstić information content (AvgIpc) is 3.34. The van der Waals surface area contributed by atoms with Gasteiger partial charge in [0.25, 0.3) is 5.91 Å². The molecule has 0 spiro atoms. The number of carbonyl (C=O) groups excluding carboxylic acids is 2. The van der Waals surface area contributed by atoms with Gasteiger partial charge in [-0.05, 0) is 24.4 Å². The molecule has 0 fully saturated rings. The van der Waals surface area contributed by atoms with E-state index in [4.69, 9.17) is 0 Å². The summed E-state index contributed by atoms with van der Waals surface area (Å²) in [5.41, 5.74) is 1.20. The van der Waals surface area contributed by atoms with Gasteiger partial charge < -0.3 is 19.8 Å². The third-order valence-corrected chi connectivity index (χ3v) is 4.56. The van der Waals surface area contributed by atoms with E-state index in [9.17, 15) is 22.8 Å². The van der Waals surface area contributed by atoms with Crippen LogP contribution in [-0.2, 0) is 4.79 Å². The Morgan fingerprint density at radius 1 is 1.30 bits per heavy atom. The van der Waals surface area contributed by atoms with Crippen LogP contribution in [0.5, 0.6) is 5.75 Å². The second-order valence-electron chi connectivity index (χ2n) is 5.95. The number of ether oxygens (including phenoxy) is 1. The standard InChI is InChI=1S/C18H15BF3N4O3S/c1-19-26-6-5-12(9-26)16(28)23-8-15(27)25-17-24-14(10-30-17)11-3-2-4-13(7-11)29-18(20,21)22/h2-7,9-10H,8H2,1H3,(H,23,28)(H,24,25,27). The molecule has 155 valence electrons. The molecule has 30 heavy (non-hydrogen) atoms. The van der Waals surface area contributed by atoms with E-state index in [1.165, 1.54) is 18.2 Å². The number of benzene rings is 1. The molecule has 0 bridgehead atoms. The van der Waals surface area contributed by atoms with Crippen LogP contribution in [0.2, 0.25) is 6.82 Å². The molecule has 3 aromatic rings. The van der Waals surface area contributed by atoms with E-state index in [0.29, 0.717) is 16.8 Å². The van der Waals surface area contributed by atoms with E-state index >= 15 is 0 Å². The summed E-state index contributed by atoms with van der Waals surface area (Å²) < 4.78 is 42.7. The first-order chi connectivity index (χ1) is 14.2. The van der Waals surface area contributed by atoms with Crippen molar-refractivity contribution in [3.8, 4) is 17.0 Å². The summed E-state index contributed by atoms with van der Waals surface area (Å²) in [7, 11) is 1.77. The Kier molecular flexibility index (Phi) is 6.45. The van der Waals surface area contributed by atoms with E-state index in [2.05, 4.69) is 20.4 Å². The van der Waals surface area contributed by atoms with Gasteiger partial charge in [-0.15, -0.1) is 24.5 Å². The number of anilines is 1. The number of halogens is 3. The van der Waals surface area contributed by atoms with Crippen LogP contribution in [0.1, 0.15) is 10.4 Å². The molecule has 7 nitrogen and oxygen atoms in total. The number of hydrogen-bond donors (Lipinski definition) is 2. The molecule has 3 rings (SSSR count). The van der Waals surface area contributed by atoms with Crippen LogP contribution in [0, 0.1) is 0 Å². The third kappa shape index (κ3) is 5.86. The molecule has 2 N–H and O–H groups in total. The highest BCUT2D eigenvalue weighted by atomic mass is 32.1. The zero-order valence-corrected chi connectivity index (χ0v) is 16.4. The van der Waals surface area contributed by atoms with Gasteiger partial charge in [0.2, 0.25) is 13.3 Å². The summed E-state index contributed by atoms with van der Waals surface area (Å²) in [6, 6.07) is 6.99. The van der Waals surface area contributed by atoms with E-state index in [1.54, 1.807) is 41.8 Å². The van der Waals surface area contributed by atoms with Crippen molar-refractivity contribution in [2.24, 2.45) is 0 Å². The molecule has 2 heterocycles. The van der Waals surface area contributed by atoms with E-state index in [1.807, 2.05) is 6.82 Å². The Hall–Kier alpha value is -3.28. The maximum atomic E-state index is 12.4. The highest BCUT2D eigenvalue weighted by Crippen LogP contribution is 2.29. The first-order valence-electron chi connectivity index (χ1n) is 8.60. The minimum Gasteiger partial charge on any atom is -0.406 e. The number of nitrogens with zero attached hydrogens (tertiary/aromatic N) is 2. The van der Waals surface area contributed by atoms with Gasteiger partial charge in [0.05, 0.1) is 17.8 Å². The first-order valence-corrected chi connectivity index (χ1v) is 9.48. The molecule has 0 atom stereocenters. The fourth-order valence-electron chi connectivity index (χ4n) is 2.45. The fourth-order valence-corrected chi connectivity index (χ4v) is 3.19. The summed E-state index contributed by atoms with van der Waals surface area (Å²) in [5, 5.41) is 6.88. The van der Waals surface area contributed by atoms with Crippen molar-refractivity contribution in [2.75, 3.05) is 11.9 Å². The number of nitrogens with one attached hydrogen (secondary N) is 2. The van der Waals surface area contributed by atoms with Gasteiger partial charge in [-0.2, -0.15) is 0 Å². The molecule has 0 saturated heterocycles. The number of carbonyl (C=O) groups is 2. The Morgan fingerprint density at radius 2 is 2.10 bits per heavy atom. The lowest BCUT2D eigenvalue weighted by molar-refractivity contribution is -0.274. The quantitative estimate of drug-likeness (QED) is 0.558. The van der Waals surface area contributed by atoms with E-state index in [0.717, 1.165) is 11.3 Å². The summed E-state index contributed by atoms with van der Waals surface area (Å²) in [6.45, 7) is 1.56. The van der Waals surface area contributed by atoms with Crippen LogP contribution < -0.4 is 15.4 Å². The lowest BCUT2D eigenvalue weighted by atomic mass is 10.0. The predicted octanol–water partition coefficient (Wildman–Crippen LogP) is 3.39. The number of alkyl halides is 3. The van der Waals surface area contributed by atoms with Crippen LogP contribution >= 0.6 is 11.3 Å². The molecular formula is C18H15BF3N4O3S. The predicted molar refractivity (Wildman–Crippen MR) is 107 cm³/mol. The van der Waals surface area contributed by atoms with Gasteiger partial charge in [0.1, 0.15) is 5.75 Å². The van der Waals surface area contributed by atoms with Gasteiger partial charge in [-0.3, -0.25) is 9.59 Å². The van der Waals surface area contributed by atoms with Gasteiger partial charge in [0.15, 0.2) is 5.13 Å². The highest BCUT2D eigenvalue weighted by Gasteiger charge is 2.31. The number of aromatic nitrogens is 2. The van der Waals surface area contributed by atoms with Crippen LogP contribution in [0.4, 0.5) is 18.3 Å². The number of rotatable bonds is 7. The molecule has 0 aliphatic rings. The van der Waals surface area contributed by atoms with Crippen LogP contribution in [0.15, 0.2) is 48.1 Å². The normalized spacial score (nSPS) is 11.1. The van der Waals surface area contributed by atoms with Crippen molar-refractivity contribution in [2.45, 2.75) is 13.2 Å². The molecule has 0 saturated carbocycles. The average molecular weight is 435 g/mol. The SMILES string of the molecule is C[B]n1ccc(C(=O)NCC(=O)Nc2nc(-c3cccc(OC(F)(F)F)c3)cs2)c1. The number of thiazole rings is 1. The molecule has 0 aliphatic heterocycles. The summed E-state index contributed by atoms with van der Waals surface area (Å²) in [4.78, 5) is 28.3. The largest absolute Gasteiger partial charge is 0.573 e.